The number of ketones is 1. The van der Waals surface area contributed by atoms with Crippen LogP contribution >= 0.6 is 0 Å². The number of fused-ring (bicyclic) bond motifs is 1. The Morgan fingerprint density at radius 3 is 3.00 bits per heavy atom. The number of Topliss-reactive ketones (excluding diaryl/α,β-unsaturated/α-hetero) is 1. The molecule has 14 heavy (non-hydrogen) atoms. The lowest BCUT2D eigenvalue weighted by molar-refractivity contribution is -0.113. The van der Waals surface area contributed by atoms with E-state index in [9.17, 15) is 9.18 Å². The molecule has 1 aromatic carbocycles. The number of benzene rings is 1. The van der Waals surface area contributed by atoms with Crippen LogP contribution in [-0.2, 0) is 4.79 Å². The molecule has 0 bridgehead atoms. The molecule has 0 N–H and O–H groups in total. The van der Waals surface area contributed by atoms with Gasteiger partial charge >= 0.3 is 0 Å². The van der Waals surface area contributed by atoms with Crippen LogP contribution in [0.3, 0.4) is 0 Å². The topological polar surface area (TPSA) is 26.3 Å². The van der Waals surface area contributed by atoms with Gasteiger partial charge in [-0.3, -0.25) is 4.79 Å². The van der Waals surface area contributed by atoms with Crippen LogP contribution in [0.5, 0.6) is 5.75 Å². The molecular formula is C11H9FO2. The van der Waals surface area contributed by atoms with Gasteiger partial charge in [-0.25, -0.2) is 4.39 Å². The van der Waals surface area contributed by atoms with Gasteiger partial charge in [-0.2, -0.15) is 0 Å². The third-order valence-corrected chi connectivity index (χ3v) is 2.14. The van der Waals surface area contributed by atoms with Crippen LogP contribution in [0.2, 0.25) is 0 Å². The van der Waals surface area contributed by atoms with Gasteiger partial charge in [0.1, 0.15) is 18.2 Å². The molecule has 0 saturated heterocycles. The van der Waals surface area contributed by atoms with E-state index >= 15 is 0 Å². The average Bonchev–Trinajstić information content (AvgIpc) is 2.16. The van der Waals surface area contributed by atoms with Crippen LogP contribution in [0.25, 0.3) is 6.08 Å². The van der Waals surface area contributed by atoms with Crippen molar-refractivity contribution in [3.05, 3.63) is 35.2 Å². The summed E-state index contributed by atoms with van der Waals surface area (Å²) in [4.78, 5) is 11.1. The lowest BCUT2D eigenvalue weighted by Crippen LogP contribution is -2.12. The van der Waals surface area contributed by atoms with Crippen LogP contribution in [0, 0.1) is 5.82 Å². The molecular weight excluding hydrogens is 183 g/mol. The molecule has 1 aliphatic heterocycles. The van der Waals surface area contributed by atoms with Crippen molar-refractivity contribution in [1.82, 2.24) is 0 Å². The zero-order chi connectivity index (χ0) is 10.1. The van der Waals surface area contributed by atoms with Gasteiger partial charge in [-0.15, -0.1) is 0 Å². The maximum Gasteiger partial charge on any atom is 0.159 e. The fraction of sp³-hybridized carbons (Fsp3) is 0.182. The second-order valence-corrected chi connectivity index (χ2v) is 3.20. The Kier molecular flexibility index (Phi) is 2.08. The highest BCUT2D eigenvalue weighted by atomic mass is 19.1. The largest absolute Gasteiger partial charge is 0.488 e. The first kappa shape index (κ1) is 8.94. The van der Waals surface area contributed by atoms with E-state index in [2.05, 4.69) is 0 Å². The van der Waals surface area contributed by atoms with Crippen LogP contribution in [-0.4, -0.2) is 12.4 Å². The maximum absolute atomic E-state index is 12.8. The fourth-order valence-corrected chi connectivity index (χ4v) is 1.34. The predicted molar refractivity (Wildman–Crippen MR) is 50.6 cm³/mol. The van der Waals surface area contributed by atoms with Gasteiger partial charge in [0.2, 0.25) is 0 Å². The number of carbonyl (C=O) groups excluding carboxylic acids is 1. The van der Waals surface area contributed by atoms with Gasteiger partial charge in [0.05, 0.1) is 0 Å². The van der Waals surface area contributed by atoms with Gasteiger partial charge < -0.3 is 4.74 Å². The number of rotatable bonds is 1. The molecule has 0 aliphatic carbocycles. The third-order valence-electron chi connectivity index (χ3n) is 2.14. The van der Waals surface area contributed by atoms with Crippen molar-refractivity contribution < 1.29 is 13.9 Å². The Morgan fingerprint density at radius 1 is 1.50 bits per heavy atom. The van der Waals surface area contributed by atoms with Crippen molar-refractivity contribution >= 4 is 11.9 Å². The molecule has 0 aromatic heterocycles. The highest BCUT2D eigenvalue weighted by Gasteiger charge is 2.14. The quantitative estimate of drug-likeness (QED) is 0.681. The molecule has 0 fully saturated rings. The van der Waals surface area contributed by atoms with E-state index in [0.29, 0.717) is 11.3 Å². The molecule has 72 valence electrons. The number of hydrogen-bond acceptors (Lipinski definition) is 2. The Labute approximate surface area is 81.0 Å². The minimum absolute atomic E-state index is 0.0139. The number of carbonyl (C=O) groups is 1. The van der Waals surface area contributed by atoms with Crippen molar-refractivity contribution in [2.75, 3.05) is 6.61 Å². The van der Waals surface area contributed by atoms with Crippen molar-refractivity contribution in [1.29, 1.82) is 0 Å². The van der Waals surface area contributed by atoms with Crippen LogP contribution in [0.4, 0.5) is 4.39 Å². The first-order chi connectivity index (χ1) is 6.66. The second-order valence-electron chi connectivity index (χ2n) is 3.20. The SMILES string of the molecule is CC(=O)C1=Cc2ccc(F)cc2OC1. The molecule has 2 rings (SSSR count). The minimum Gasteiger partial charge on any atom is -0.488 e. The van der Waals surface area contributed by atoms with E-state index in [0.717, 1.165) is 5.56 Å². The fourth-order valence-electron chi connectivity index (χ4n) is 1.34. The molecule has 0 radical (unpaired) electrons. The second kappa shape index (κ2) is 3.25. The molecule has 2 nitrogen and oxygen atoms in total. The molecule has 1 aromatic rings. The highest BCUT2D eigenvalue weighted by molar-refractivity contribution is 5.98. The molecule has 0 amide bonds. The number of ether oxygens (including phenoxy) is 1. The van der Waals surface area contributed by atoms with E-state index < -0.39 is 0 Å². The average molecular weight is 192 g/mol. The van der Waals surface area contributed by atoms with Gasteiger partial charge in [0.25, 0.3) is 0 Å². The minimum atomic E-state index is -0.330. The third kappa shape index (κ3) is 1.53. The summed E-state index contributed by atoms with van der Waals surface area (Å²) in [5.41, 5.74) is 1.37. The molecule has 3 heteroatoms. The Morgan fingerprint density at radius 2 is 2.29 bits per heavy atom. The van der Waals surface area contributed by atoms with Gasteiger partial charge in [-0.1, -0.05) is 0 Å². The van der Waals surface area contributed by atoms with E-state index in [1.165, 1.54) is 19.1 Å². The van der Waals surface area contributed by atoms with Crippen molar-refractivity contribution in [3.63, 3.8) is 0 Å². The summed E-state index contributed by atoms with van der Waals surface area (Å²) in [5, 5.41) is 0. The molecule has 0 atom stereocenters. The van der Waals surface area contributed by atoms with Crippen LogP contribution < -0.4 is 4.74 Å². The summed E-state index contributed by atoms with van der Waals surface area (Å²) in [6.45, 7) is 1.72. The van der Waals surface area contributed by atoms with Crippen LogP contribution in [0.15, 0.2) is 23.8 Å². The summed E-state index contributed by atoms with van der Waals surface area (Å²) in [7, 11) is 0. The zero-order valence-electron chi connectivity index (χ0n) is 7.71. The summed E-state index contributed by atoms with van der Waals surface area (Å²) >= 11 is 0. The summed E-state index contributed by atoms with van der Waals surface area (Å²) in [6.07, 6.45) is 1.74. The number of hydrogen-bond donors (Lipinski definition) is 0. The molecule has 0 spiro atoms. The molecule has 1 aliphatic rings. The highest BCUT2D eigenvalue weighted by Crippen LogP contribution is 2.27. The van der Waals surface area contributed by atoms with Crippen LogP contribution in [0.1, 0.15) is 12.5 Å². The first-order valence-corrected chi connectivity index (χ1v) is 4.30. The number of halogens is 1. The van der Waals surface area contributed by atoms with E-state index in [1.54, 1.807) is 12.1 Å². The van der Waals surface area contributed by atoms with Crippen molar-refractivity contribution in [2.24, 2.45) is 0 Å². The van der Waals surface area contributed by atoms with E-state index in [-0.39, 0.29) is 18.2 Å². The molecule has 0 unspecified atom stereocenters. The summed E-state index contributed by atoms with van der Waals surface area (Å²) < 4.78 is 18.0. The molecule has 1 heterocycles. The Bertz CT molecular complexity index is 421. The van der Waals surface area contributed by atoms with Gasteiger partial charge in [0.15, 0.2) is 5.78 Å². The normalized spacial score (nSPS) is 14.0. The predicted octanol–water partition coefficient (Wildman–Crippen LogP) is 2.19. The Hall–Kier alpha value is -1.64. The Balaban J connectivity index is 2.45. The smallest absolute Gasteiger partial charge is 0.159 e. The van der Waals surface area contributed by atoms with Crippen molar-refractivity contribution in [2.45, 2.75) is 6.92 Å². The standard InChI is InChI=1S/C11H9FO2/c1-7(13)9-4-8-2-3-10(12)5-11(8)14-6-9/h2-5H,6H2,1H3. The summed E-state index contributed by atoms with van der Waals surface area (Å²) in [6, 6.07) is 4.28. The first-order valence-electron chi connectivity index (χ1n) is 4.30. The van der Waals surface area contributed by atoms with E-state index in [1.807, 2.05) is 0 Å². The lowest BCUT2D eigenvalue weighted by Gasteiger charge is -2.16. The molecule has 0 saturated carbocycles. The van der Waals surface area contributed by atoms with Gasteiger partial charge in [0, 0.05) is 17.2 Å². The summed E-state index contributed by atoms with van der Waals surface area (Å²) in [5.74, 6) is 0.151. The van der Waals surface area contributed by atoms with E-state index in [4.69, 9.17) is 4.74 Å². The monoisotopic (exact) mass is 192 g/mol. The van der Waals surface area contributed by atoms with Crippen molar-refractivity contribution in [3.8, 4) is 5.75 Å². The zero-order valence-corrected chi connectivity index (χ0v) is 7.71. The maximum atomic E-state index is 12.8. The van der Waals surface area contributed by atoms with Gasteiger partial charge in [-0.05, 0) is 25.1 Å². The lowest BCUT2D eigenvalue weighted by atomic mass is 10.1.